The average Bonchev–Trinajstić information content (AvgIpc) is 3.29. The summed E-state index contributed by atoms with van der Waals surface area (Å²) >= 11 is 0. The Bertz CT molecular complexity index is 777. The van der Waals surface area contributed by atoms with Crippen molar-refractivity contribution in [1.29, 1.82) is 0 Å². The van der Waals surface area contributed by atoms with Crippen LogP contribution in [0, 0.1) is 0 Å². The molecule has 0 saturated carbocycles. The fourth-order valence-corrected chi connectivity index (χ4v) is 3.86. The molecule has 7 heteroatoms. The summed E-state index contributed by atoms with van der Waals surface area (Å²) in [5, 5.41) is 3.14. The van der Waals surface area contributed by atoms with E-state index in [-0.39, 0.29) is 18.0 Å². The highest BCUT2D eigenvalue weighted by atomic mass is 16.3. The summed E-state index contributed by atoms with van der Waals surface area (Å²) in [5.74, 6) is 0.297. The number of urea groups is 1. The number of carbonyl (C=O) groups is 2. The lowest BCUT2D eigenvalue weighted by Crippen LogP contribution is -2.55. The quantitative estimate of drug-likeness (QED) is 0.885. The average molecular weight is 382 g/mol. The zero-order chi connectivity index (χ0) is 19.3. The van der Waals surface area contributed by atoms with Gasteiger partial charge in [-0.05, 0) is 37.1 Å². The Morgan fingerprint density at radius 1 is 0.857 bits per heavy atom. The molecule has 0 atom stereocenters. The Balaban J connectivity index is 1.21. The molecule has 1 N–H and O–H groups in total. The van der Waals surface area contributed by atoms with Crippen molar-refractivity contribution in [3.8, 4) is 0 Å². The second kappa shape index (κ2) is 8.37. The Morgan fingerprint density at radius 3 is 2.21 bits per heavy atom. The van der Waals surface area contributed by atoms with E-state index >= 15 is 0 Å². The minimum absolute atomic E-state index is 0.00326. The van der Waals surface area contributed by atoms with Crippen molar-refractivity contribution in [1.82, 2.24) is 15.1 Å². The molecule has 2 aliphatic heterocycles. The first kappa shape index (κ1) is 18.4. The monoisotopic (exact) mass is 382 g/mol. The summed E-state index contributed by atoms with van der Waals surface area (Å²) in [6, 6.07) is 13.8. The number of nitrogens with zero attached hydrogens (tertiary/aromatic N) is 3. The van der Waals surface area contributed by atoms with Crippen molar-refractivity contribution in [2.24, 2.45) is 0 Å². The van der Waals surface area contributed by atoms with Crippen LogP contribution in [0.5, 0.6) is 0 Å². The number of nitrogens with one attached hydrogen (secondary N) is 1. The van der Waals surface area contributed by atoms with Gasteiger partial charge in [-0.2, -0.15) is 0 Å². The molecule has 1 aromatic carbocycles. The van der Waals surface area contributed by atoms with Crippen molar-refractivity contribution >= 4 is 17.6 Å². The van der Waals surface area contributed by atoms with E-state index in [2.05, 4.69) is 22.3 Å². The topological polar surface area (TPSA) is 69.0 Å². The minimum Gasteiger partial charge on any atom is -0.459 e. The Kier molecular flexibility index (Phi) is 5.50. The van der Waals surface area contributed by atoms with Gasteiger partial charge in [-0.15, -0.1) is 0 Å². The Hall–Kier alpha value is -2.96. The molecular formula is C21H26N4O3. The maximum atomic E-state index is 12.6. The third kappa shape index (κ3) is 4.13. The number of hydrogen-bond acceptors (Lipinski definition) is 4. The van der Waals surface area contributed by atoms with Crippen LogP contribution in [0.25, 0.3) is 0 Å². The summed E-state index contributed by atoms with van der Waals surface area (Å²) in [7, 11) is 0. The first-order chi connectivity index (χ1) is 13.7. The van der Waals surface area contributed by atoms with E-state index < -0.39 is 0 Å². The standard InChI is InChI=1S/C21H26N4O3/c26-20(19-7-4-16-28-19)24-10-8-17(9-11-24)22-21(27)25-14-12-23(13-15-25)18-5-2-1-3-6-18/h1-7,16-17H,8-15H2,(H,22,27). The zero-order valence-electron chi connectivity index (χ0n) is 15.9. The number of furan rings is 1. The van der Waals surface area contributed by atoms with Gasteiger partial charge in [0.25, 0.3) is 5.91 Å². The van der Waals surface area contributed by atoms with E-state index in [1.54, 1.807) is 17.0 Å². The number of amides is 3. The first-order valence-corrected chi connectivity index (χ1v) is 9.89. The summed E-state index contributed by atoms with van der Waals surface area (Å²) in [5.41, 5.74) is 1.20. The molecule has 3 amide bonds. The van der Waals surface area contributed by atoms with Gasteiger partial charge in [0, 0.05) is 51.0 Å². The lowest BCUT2D eigenvalue weighted by Gasteiger charge is -2.38. The van der Waals surface area contributed by atoms with E-state index in [1.807, 2.05) is 23.1 Å². The van der Waals surface area contributed by atoms with Crippen LogP contribution in [0.1, 0.15) is 23.4 Å². The molecule has 1 aromatic heterocycles. The van der Waals surface area contributed by atoms with Gasteiger partial charge in [0.15, 0.2) is 5.76 Å². The van der Waals surface area contributed by atoms with Gasteiger partial charge in [-0.1, -0.05) is 18.2 Å². The predicted octanol–water partition coefficient (Wildman–Crippen LogP) is 2.42. The van der Waals surface area contributed by atoms with E-state index in [0.717, 1.165) is 39.0 Å². The SMILES string of the molecule is O=C(NC1CCN(C(=O)c2ccco2)CC1)N1CCN(c2ccccc2)CC1. The molecule has 2 saturated heterocycles. The molecule has 0 aliphatic carbocycles. The maximum Gasteiger partial charge on any atom is 0.317 e. The van der Waals surface area contributed by atoms with Gasteiger partial charge in [0.2, 0.25) is 0 Å². The molecular weight excluding hydrogens is 356 g/mol. The third-order valence-electron chi connectivity index (χ3n) is 5.53. The fraction of sp³-hybridized carbons (Fsp3) is 0.429. The number of piperazine rings is 1. The highest BCUT2D eigenvalue weighted by molar-refractivity contribution is 5.91. The highest BCUT2D eigenvalue weighted by Gasteiger charge is 2.28. The van der Waals surface area contributed by atoms with Crippen LogP contribution in [-0.4, -0.2) is 67.0 Å². The summed E-state index contributed by atoms with van der Waals surface area (Å²) in [6.45, 7) is 4.38. The highest BCUT2D eigenvalue weighted by Crippen LogP contribution is 2.17. The van der Waals surface area contributed by atoms with E-state index in [9.17, 15) is 9.59 Å². The van der Waals surface area contributed by atoms with Crippen molar-refractivity contribution < 1.29 is 14.0 Å². The molecule has 3 heterocycles. The number of benzene rings is 1. The van der Waals surface area contributed by atoms with Crippen LogP contribution in [0.2, 0.25) is 0 Å². The maximum absolute atomic E-state index is 12.6. The second-order valence-electron chi connectivity index (χ2n) is 7.30. The van der Waals surface area contributed by atoms with E-state index in [0.29, 0.717) is 18.8 Å². The van der Waals surface area contributed by atoms with Crippen LogP contribution >= 0.6 is 0 Å². The molecule has 2 aliphatic rings. The van der Waals surface area contributed by atoms with Gasteiger partial charge in [0.05, 0.1) is 6.26 Å². The number of hydrogen-bond donors (Lipinski definition) is 1. The fourth-order valence-electron chi connectivity index (χ4n) is 3.86. The van der Waals surface area contributed by atoms with Gasteiger partial charge < -0.3 is 24.4 Å². The smallest absolute Gasteiger partial charge is 0.317 e. The van der Waals surface area contributed by atoms with Crippen LogP contribution < -0.4 is 10.2 Å². The molecule has 4 rings (SSSR count). The molecule has 7 nitrogen and oxygen atoms in total. The summed E-state index contributed by atoms with van der Waals surface area (Å²) in [4.78, 5) is 30.9. The minimum atomic E-state index is -0.0770. The molecule has 0 spiro atoms. The molecule has 28 heavy (non-hydrogen) atoms. The van der Waals surface area contributed by atoms with E-state index in [4.69, 9.17) is 4.42 Å². The molecule has 0 unspecified atom stereocenters. The van der Waals surface area contributed by atoms with Crippen molar-refractivity contribution in [2.45, 2.75) is 18.9 Å². The second-order valence-corrected chi connectivity index (χ2v) is 7.30. The van der Waals surface area contributed by atoms with Crippen LogP contribution in [-0.2, 0) is 0 Å². The largest absolute Gasteiger partial charge is 0.459 e. The molecule has 2 aromatic rings. The van der Waals surface area contributed by atoms with Crippen molar-refractivity contribution in [2.75, 3.05) is 44.2 Å². The number of rotatable bonds is 3. The van der Waals surface area contributed by atoms with Gasteiger partial charge in [-0.25, -0.2) is 4.79 Å². The van der Waals surface area contributed by atoms with Crippen molar-refractivity contribution in [3.05, 3.63) is 54.5 Å². The summed E-state index contributed by atoms with van der Waals surface area (Å²) < 4.78 is 5.19. The molecule has 2 fully saturated rings. The van der Waals surface area contributed by atoms with Crippen molar-refractivity contribution in [3.63, 3.8) is 0 Å². The predicted molar refractivity (Wildman–Crippen MR) is 106 cm³/mol. The molecule has 148 valence electrons. The van der Waals surface area contributed by atoms with Crippen LogP contribution in [0.15, 0.2) is 53.1 Å². The lowest BCUT2D eigenvalue weighted by molar-refractivity contribution is 0.0674. The normalized spacial score (nSPS) is 18.2. The van der Waals surface area contributed by atoms with E-state index in [1.165, 1.54) is 12.0 Å². The van der Waals surface area contributed by atoms with Crippen LogP contribution in [0.4, 0.5) is 10.5 Å². The number of para-hydroxylation sites is 1. The first-order valence-electron chi connectivity index (χ1n) is 9.89. The van der Waals surface area contributed by atoms with Gasteiger partial charge in [0.1, 0.15) is 0 Å². The van der Waals surface area contributed by atoms with Gasteiger partial charge >= 0.3 is 6.03 Å². The lowest BCUT2D eigenvalue weighted by atomic mass is 10.0. The number of anilines is 1. The zero-order valence-corrected chi connectivity index (χ0v) is 15.9. The Morgan fingerprint density at radius 2 is 1.57 bits per heavy atom. The summed E-state index contributed by atoms with van der Waals surface area (Å²) in [6.07, 6.45) is 3.04. The molecule has 0 bridgehead atoms. The Labute approximate surface area is 164 Å². The molecule has 0 radical (unpaired) electrons. The van der Waals surface area contributed by atoms with Gasteiger partial charge in [-0.3, -0.25) is 4.79 Å². The van der Waals surface area contributed by atoms with Crippen LogP contribution in [0.3, 0.4) is 0 Å². The number of piperidine rings is 1. The number of carbonyl (C=O) groups excluding carboxylic acids is 2. The number of likely N-dealkylation sites (tertiary alicyclic amines) is 1. The third-order valence-corrected chi connectivity index (χ3v) is 5.53.